The van der Waals surface area contributed by atoms with E-state index in [1.807, 2.05) is 109 Å². The standard InChI is InChI=1S/2C21H21NO4/c2*23-17-12-15-8-4-5-9-16(15)19(17)22-20(25)21(11-10-18(24)26-21)13-14-6-2-1-3-7-14/h2*1-9,17,19,23H,10-13H2,(H,22,25)/t17-,19+,21+;17-,19+,21-/m11/s1. The first-order valence-electron chi connectivity index (χ1n) is 17.8. The third-order valence-electron chi connectivity index (χ3n) is 10.6. The van der Waals surface area contributed by atoms with E-state index in [0.29, 0.717) is 38.5 Å². The van der Waals surface area contributed by atoms with Crippen molar-refractivity contribution < 1.29 is 38.9 Å². The Kier molecular flexibility index (Phi) is 9.94. The largest absolute Gasteiger partial charge is 0.449 e. The number of fused-ring (bicyclic) bond motifs is 2. The van der Waals surface area contributed by atoms with Gasteiger partial charge in [0.05, 0.1) is 24.3 Å². The van der Waals surface area contributed by atoms with Crippen LogP contribution in [0.1, 0.15) is 71.1 Å². The van der Waals surface area contributed by atoms with Crippen LogP contribution in [0.3, 0.4) is 0 Å². The van der Waals surface area contributed by atoms with Crippen LogP contribution in [0.25, 0.3) is 0 Å². The van der Waals surface area contributed by atoms with E-state index in [9.17, 15) is 29.4 Å². The summed E-state index contributed by atoms with van der Waals surface area (Å²) in [6.45, 7) is 0. The maximum absolute atomic E-state index is 13.1. The highest BCUT2D eigenvalue weighted by Gasteiger charge is 2.50. The van der Waals surface area contributed by atoms with Crippen molar-refractivity contribution in [1.29, 1.82) is 0 Å². The van der Waals surface area contributed by atoms with E-state index in [2.05, 4.69) is 10.6 Å². The van der Waals surface area contributed by atoms with E-state index in [0.717, 1.165) is 33.4 Å². The Labute approximate surface area is 302 Å². The Bertz CT molecular complexity index is 1810. The molecule has 4 aromatic carbocycles. The van der Waals surface area contributed by atoms with E-state index in [4.69, 9.17) is 9.47 Å². The highest BCUT2D eigenvalue weighted by Crippen LogP contribution is 2.37. The molecule has 2 amide bonds. The van der Waals surface area contributed by atoms with E-state index in [1.54, 1.807) is 0 Å². The van der Waals surface area contributed by atoms with Crippen molar-refractivity contribution >= 4 is 23.8 Å². The number of benzene rings is 4. The van der Waals surface area contributed by atoms with Crippen molar-refractivity contribution in [2.24, 2.45) is 0 Å². The molecule has 10 heteroatoms. The normalized spacial score (nSPS) is 27.0. The fourth-order valence-corrected chi connectivity index (χ4v) is 7.87. The topological polar surface area (TPSA) is 151 Å². The second-order valence-electron chi connectivity index (χ2n) is 14.1. The summed E-state index contributed by atoms with van der Waals surface area (Å²) in [4.78, 5) is 49.9. The second kappa shape index (κ2) is 14.7. The van der Waals surface area contributed by atoms with E-state index < -0.39 is 35.5 Å². The van der Waals surface area contributed by atoms with Crippen LogP contribution in [0.5, 0.6) is 0 Å². The minimum absolute atomic E-state index is 0.226. The maximum Gasteiger partial charge on any atom is 0.307 e. The molecule has 0 radical (unpaired) electrons. The van der Waals surface area contributed by atoms with E-state index in [1.165, 1.54) is 0 Å². The fourth-order valence-electron chi connectivity index (χ4n) is 7.87. The predicted octanol–water partition coefficient (Wildman–Crippen LogP) is 4.16. The van der Waals surface area contributed by atoms with Gasteiger partial charge < -0.3 is 30.3 Å². The molecular formula is C42H42N2O8. The summed E-state index contributed by atoms with van der Waals surface area (Å²) < 4.78 is 11.0. The van der Waals surface area contributed by atoms with Crippen molar-refractivity contribution in [2.45, 2.75) is 86.9 Å². The average Bonchev–Trinajstić information content (AvgIpc) is 3.90. The van der Waals surface area contributed by atoms with Crippen molar-refractivity contribution in [3.05, 3.63) is 143 Å². The Morgan fingerprint density at radius 3 is 1.31 bits per heavy atom. The molecule has 0 bridgehead atoms. The monoisotopic (exact) mass is 702 g/mol. The van der Waals surface area contributed by atoms with Crippen molar-refractivity contribution in [3.8, 4) is 0 Å². The molecular weight excluding hydrogens is 660 g/mol. The molecule has 6 atom stereocenters. The first-order chi connectivity index (χ1) is 25.1. The minimum Gasteiger partial charge on any atom is -0.449 e. The summed E-state index contributed by atoms with van der Waals surface area (Å²) in [5.41, 5.74) is 3.36. The molecule has 4 aromatic rings. The first-order valence-corrected chi connectivity index (χ1v) is 17.8. The molecule has 0 saturated carbocycles. The zero-order chi connectivity index (χ0) is 36.3. The first kappa shape index (κ1) is 35.1. The third kappa shape index (κ3) is 7.22. The van der Waals surface area contributed by atoms with E-state index >= 15 is 0 Å². The van der Waals surface area contributed by atoms with Gasteiger partial charge in [-0.1, -0.05) is 109 Å². The SMILES string of the molecule is O=C1CC[C@@](Cc2ccccc2)(C(=O)N[C@H]2c3ccccc3C[C@H]2O)O1.O=C1CC[C@](Cc2ccccc2)(C(=O)N[C@H]2c3ccccc3C[C@H]2O)O1. The smallest absolute Gasteiger partial charge is 0.307 e. The summed E-state index contributed by atoms with van der Waals surface area (Å²) in [6.07, 6.45) is 1.46. The zero-order valence-corrected chi connectivity index (χ0v) is 28.7. The number of hydrogen-bond donors (Lipinski definition) is 4. The quantitative estimate of drug-likeness (QED) is 0.200. The third-order valence-corrected chi connectivity index (χ3v) is 10.6. The van der Waals surface area contributed by atoms with Crippen molar-refractivity contribution in [1.82, 2.24) is 10.6 Å². The molecule has 0 unspecified atom stereocenters. The number of ether oxygens (including phenoxy) is 2. The lowest BCUT2D eigenvalue weighted by Gasteiger charge is -2.29. The number of amides is 2. The van der Waals surface area contributed by atoms with Crippen molar-refractivity contribution in [2.75, 3.05) is 0 Å². The van der Waals surface area contributed by atoms with Gasteiger partial charge in [-0.2, -0.15) is 0 Å². The molecule has 0 aromatic heterocycles. The van der Waals surface area contributed by atoms with Gasteiger partial charge >= 0.3 is 11.9 Å². The number of carbonyl (C=O) groups excluding carboxylic acids is 4. The Balaban J connectivity index is 0.000000162. The summed E-state index contributed by atoms with van der Waals surface area (Å²) in [7, 11) is 0. The number of aliphatic hydroxyl groups excluding tert-OH is 2. The summed E-state index contributed by atoms with van der Waals surface area (Å²) in [6, 6.07) is 33.5. The fraction of sp³-hybridized carbons (Fsp3) is 0.333. The van der Waals surface area contributed by atoms with Crippen LogP contribution in [0.4, 0.5) is 0 Å². The van der Waals surface area contributed by atoms with Crippen LogP contribution < -0.4 is 10.6 Å². The van der Waals surface area contributed by atoms with E-state index in [-0.39, 0.29) is 36.6 Å². The molecule has 2 aliphatic carbocycles. The Morgan fingerprint density at radius 2 is 0.942 bits per heavy atom. The van der Waals surface area contributed by atoms with Crippen LogP contribution >= 0.6 is 0 Å². The molecule has 4 N–H and O–H groups in total. The molecule has 52 heavy (non-hydrogen) atoms. The molecule has 10 nitrogen and oxygen atoms in total. The molecule has 2 saturated heterocycles. The van der Waals surface area contributed by atoms with Gasteiger partial charge in [0.25, 0.3) is 11.8 Å². The lowest BCUT2D eigenvalue weighted by atomic mass is 9.90. The number of cyclic esters (lactones) is 2. The van der Waals surface area contributed by atoms with Crippen LogP contribution in [-0.2, 0) is 54.3 Å². The van der Waals surface area contributed by atoms with Gasteiger partial charge in [-0.05, 0) is 33.4 Å². The number of nitrogens with one attached hydrogen (secondary N) is 2. The molecule has 2 aliphatic heterocycles. The van der Waals surface area contributed by atoms with Gasteiger partial charge in [0.15, 0.2) is 11.2 Å². The average molecular weight is 703 g/mol. The predicted molar refractivity (Wildman–Crippen MR) is 190 cm³/mol. The van der Waals surface area contributed by atoms with Crippen LogP contribution in [0, 0.1) is 0 Å². The lowest BCUT2D eigenvalue weighted by Crippen LogP contribution is -2.50. The van der Waals surface area contributed by atoms with Gasteiger partial charge in [0.2, 0.25) is 0 Å². The van der Waals surface area contributed by atoms with Gasteiger partial charge in [0, 0.05) is 51.4 Å². The molecule has 2 heterocycles. The van der Waals surface area contributed by atoms with Gasteiger partial charge in [-0.25, -0.2) is 0 Å². The lowest BCUT2D eigenvalue weighted by molar-refractivity contribution is -0.159. The number of aliphatic hydroxyl groups is 2. The van der Waals surface area contributed by atoms with Gasteiger partial charge in [-0.15, -0.1) is 0 Å². The summed E-state index contributed by atoms with van der Waals surface area (Å²) >= 11 is 0. The van der Waals surface area contributed by atoms with Crippen LogP contribution in [0.15, 0.2) is 109 Å². The maximum atomic E-state index is 13.1. The molecule has 2 fully saturated rings. The number of hydrogen-bond acceptors (Lipinski definition) is 8. The second-order valence-corrected chi connectivity index (χ2v) is 14.1. The highest BCUT2D eigenvalue weighted by molar-refractivity contribution is 5.92. The van der Waals surface area contributed by atoms with Gasteiger partial charge in [0.1, 0.15) is 0 Å². The van der Waals surface area contributed by atoms with Crippen LogP contribution in [-0.4, -0.2) is 57.4 Å². The Hall–Kier alpha value is -5.32. The zero-order valence-electron chi connectivity index (χ0n) is 28.7. The number of rotatable bonds is 8. The minimum atomic E-state index is -1.21. The Morgan fingerprint density at radius 1 is 0.577 bits per heavy atom. The molecule has 8 rings (SSSR count). The summed E-state index contributed by atoms with van der Waals surface area (Å²) in [5, 5.41) is 26.7. The van der Waals surface area contributed by atoms with Crippen molar-refractivity contribution in [3.63, 3.8) is 0 Å². The van der Waals surface area contributed by atoms with Crippen LogP contribution in [0.2, 0.25) is 0 Å². The molecule has 0 spiro atoms. The highest BCUT2D eigenvalue weighted by atomic mass is 16.6. The number of esters is 2. The van der Waals surface area contributed by atoms with Gasteiger partial charge in [-0.3, -0.25) is 19.2 Å². The summed E-state index contributed by atoms with van der Waals surface area (Å²) in [5.74, 6) is -1.40. The number of carbonyl (C=O) groups is 4. The molecule has 268 valence electrons. The molecule has 4 aliphatic rings.